The molecule has 9 nitrogen and oxygen atoms in total. The van der Waals surface area contributed by atoms with Gasteiger partial charge in [-0.05, 0) is 55.5 Å². The number of rotatable bonds is 6. The maximum atomic E-state index is 16.2. The molecule has 11 heteroatoms. The number of hydrogen-bond donors (Lipinski definition) is 3. The van der Waals surface area contributed by atoms with Crippen molar-refractivity contribution < 1.29 is 14.0 Å². The van der Waals surface area contributed by atoms with Crippen LogP contribution in [0.2, 0.25) is 0 Å². The summed E-state index contributed by atoms with van der Waals surface area (Å²) < 4.78 is 16.2. The van der Waals surface area contributed by atoms with Gasteiger partial charge in [0.15, 0.2) is 17.3 Å². The first-order valence-corrected chi connectivity index (χ1v) is 13.7. The predicted octanol–water partition coefficient (Wildman–Crippen LogP) is 6.89. The van der Waals surface area contributed by atoms with Gasteiger partial charge in [0.05, 0.1) is 27.7 Å². The van der Waals surface area contributed by atoms with Gasteiger partial charge in [-0.15, -0.1) is 11.3 Å². The Labute approximate surface area is 241 Å². The predicted molar refractivity (Wildman–Crippen MR) is 160 cm³/mol. The van der Waals surface area contributed by atoms with Crippen LogP contribution < -0.4 is 5.32 Å². The van der Waals surface area contributed by atoms with E-state index >= 15 is 4.39 Å². The summed E-state index contributed by atoms with van der Waals surface area (Å²) in [5, 5.41) is 10.3. The van der Waals surface area contributed by atoms with Crippen LogP contribution in [0.25, 0.3) is 55.2 Å². The second kappa shape index (κ2) is 10.1. The number of halogens is 1. The van der Waals surface area contributed by atoms with E-state index in [-0.39, 0.29) is 17.1 Å². The number of carbonyl (C=O) groups excluding carboxylic acids is 2. The average Bonchev–Trinajstić information content (AvgIpc) is 3.76. The first-order chi connectivity index (χ1) is 20.5. The number of hydrogen-bond acceptors (Lipinski definition) is 7. The molecule has 5 heterocycles. The maximum Gasteiger partial charge on any atom is 0.255 e. The van der Waals surface area contributed by atoms with E-state index in [9.17, 15) is 9.59 Å². The number of nitrogens with zero attached hydrogens (tertiary/aromatic N) is 4. The lowest BCUT2D eigenvalue weighted by Crippen LogP contribution is -2.11. The molecule has 0 aliphatic rings. The summed E-state index contributed by atoms with van der Waals surface area (Å²) in [5.74, 6) is -0.464. The van der Waals surface area contributed by atoms with Crippen LogP contribution in [-0.4, -0.2) is 41.8 Å². The summed E-state index contributed by atoms with van der Waals surface area (Å²) in [7, 11) is 0. The Morgan fingerprint density at radius 2 is 1.83 bits per heavy atom. The first kappa shape index (κ1) is 25.4. The van der Waals surface area contributed by atoms with E-state index < -0.39 is 5.82 Å². The van der Waals surface area contributed by atoms with Crippen molar-refractivity contribution >= 4 is 50.8 Å². The highest BCUT2D eigenvalue weighted by atomic mass is 32.1. The van der Waals surface area contributed by atoms with Crippen LogP contribution >= 0.6 is 11.3 Å². The molecule has 0 fully saturated rings. The molecule has 0 radical (unpaired) electrons. The molecule has 0 saturated heterocycles. The van der Waals surface area contributed by atoms with Crippen LogP contribution in [0.1, 0.15) is 27.0 Å². The van der Waals surface area contributed by atoms with Crippen LogP contribution in [0.5, 0.6) is 0 Å². The van der Waals surface area contributed by atoms with Crippen molar-refractivity contribution in [1.82, 2.24) is 30.1 Å². The fraction of sp³-hybridized carbons (Fsp3) is 0.0323. The summed E-state index contributed by atoms with van der Waals surface area (Å²) in [6, 6.07) is 19.4. The van der Waals surface area contributed by atoms with Crippen molar-refractivity contribution in [2.75, 3.05) is 5.32 Å². The van der Waals surface area contributed by atoms with Gasteiger partial charge in [-0.3, -0.25) is 19.7 Å². The fourth-order valence-electron chi connectivity index (χ4n) is 4.81. The van der Waals surface area contributed by atoms with Crippen LogP contribution in [0.4, 0.5) is 10.1 Å². The van der Waals surface area contributed by atoms with Crippen molar-refractivity contribution in [1.29, 1.82) is 0 Å². The maximum absolute atomic E-state index is 16.2. The molecule has 0 saturated carbocycles. The number of amides is 1. The molecule has 0 atom stereocenters. The minimum absolute atomic E-state index is 0.00662. The number of carbonyl (C=O) groups is 2. The molecule has 204 valence electrons. The fourth-order valence-corrected chi connectivity index (χ4v) is 5.74. The minimum Gasteiger partial charge on any atom is -0.321 e. The average molecular weight is 574 g/mol. The number of benzene rings is 2. The molecule has 5 aromatic heterocycles. The highest BCUT2D eigenvalue weighted by molar-refractivity contribution is 7.17. The Hall–Kier alpha value is -5.55. The standard InChI is InChI=1S/C31H20FN7O2S/c1-16(40)23-9-10-24(42-23)21-11-12-34-29-27(21)36-30(37-29)28-25-22(38-39-28)8-7-20(26(25)32)18-13-19(15-33-14-18)35-31(41)17-5-3-2-4-6-17/h2-15H,1H3,(H,35,41)(H,38,39)(H,34,36,37). The third-order valence-corrected chi connectivity index (χ3v) is 8.06. The van der Waals surface area contributed by atoms with E-state index in [1.165, 1.54) is 30.7 Å². The van der Waals surface area contributed by atoms with E-state index in [4.69, 9.17) is 4.98 Å². The molecule has 3 N–H and O–H groups in total. The molecule has 7 rings (SSSR count). The van der Waals surface area contributed by atoms with Gasteiger partial charge in [0, 0.05) is 39.5 Å². The zero-order valence-corrected chi connectivity index (χ0v) is 22.8. The summed E-state index contributed by atoms with van der Waals surface area (Å²) in [6.07, 6.45) is 4.70. The highest BCUT2D eigenvalue weighted by Gasteiger charge is 2.21. The lowest BCUT2D eigenvalue weighted by atomic mass is 10.0. The van der Waals surface area contributed by atoms with Crippen LogP contribution in [0.3, 0.4) is 0 Å². The quantitative estimate of drug-likeness (QED) is 0.186. The van der Waals surface area contributed by atoms with Gasteiger partial charge in [-0.1, -0.05) is 18.2 Å². The lowest BCUT2D eigenvalue weighted by molar-refractivity contribution is 0.101. The molecule has 0 aliphatic carbocycles. The van der Waals surface area contributed by atoms with E-state index in [0.717, 1.165) is 10.4 Å². The van der Waals surface area contributed by atoms with Crippen LogP contribution in [-0.2, 0) is 0 Å². The molecule has 0 bridgehead atoms. The number of aromatic amines is 2. The van der Waals surface area contributed by atoms with Crippen molar-refractivity contribution in [3.63, 3.8) is 0 Å². The third-order valence-electron chi connectivity index (χ3n) is 6.84. The Morgan fingerprint density at radius 1 is 0.976 bits per heavy atom. The Balaban J connectivity index is 1.27. The normalized spacial score (nSPS) is 11.3. The summed E-state index contributed by atoms with van der Waals surface area (Å²) in [5.41, 5.74) is 4.41. The molecule has 1 amide bonds. The lowest BCUT2D eigenvalue weighted by Gasteiger charge is -2.09. The smallest absolute Gasteiger partial charge is 0.255 e. The Kier molecular flexibility index (Phi) is 6.13. The second-order valence-corrected chi connectivity index (χ2v) is 10.6. The van der Waals surface area contributed by atoms with Gasteiger partial charge in [-0.2, -0.15) is 5.10 Å². The largest absolute Gasteiger partial charge is 0.321 e. The molecule has 0 spiro atoms. The van der Waals surface area contributed by atoms with Crippen molar-refractivity contribution in [3.05, 3.63) is 102 Å². The zero-order chi connectivity index (χ0) is 28.8. The van der Waals surface area contributed by atoms with Crippen molar-refractivity contribution in [2.24, 2.45) is 0 Å². The number of anilines is 1. The Morgan fingerprint density at radius 3 is 2.64 bits per heavy atom. The van der Waals surface area contributed by atoms with Gasteiger partial charge in [0.1, 0.15) is 17.0 Å². The molecule has 7 aromatic rings. The summed E-state index contributed by atoms with van der Waals surface area (Å²) >= 11 is 1.38. The van der Waals surface area contributed by atoms with Crippen LogP contribution in [0.15, 0.2) is 85.3 Å². The van der Waals surface area contributed by atoms with Gasteiger partial charge in [0.25, 0.3) is 5.91 Å². The number of aromatic nitrogens is 6. The van der Waals surface area contributed by atoms with E-state index in [0.29, 0.717) is 55.5 Å². The topological polar surface area (TPSA) is 129 Å². The van der Waals surface area contributed by atoms with Crippen molar-refractivity contribution in [3.8, 4) is 33.1 Å². The number of fused-ring (bicyclic) bond motifs is 2. The summed E-state index contributed by atoms with van der Waals surface area (Å²) in [4.78, 5) is 42.5. The summed E-state index contributed by atoms with van der Waals surface area (Å²) in [6.45, 7) is 1.53. The van der Waals surface area contributed by atoms with E-state index in [2.05, 4.69) is 30.5 Å². The number of H-pyrrole nitrogens is 2. The minimum atomic E-state index is -0.511. The van der Waals surface area contributed by atoms with Crippen LogP contribution in [0, 0.1) is 5.82 Å². The van der Waals surface area contributed by atoms with Crippen molar-refractivity contribution in [2.45, 2.75) is 6.92 Å². The Bertz CT molecular complexity index is 2150. The number of imidazole rings is 1. The molecular formula is C31H20FN7O2S. The number of ketones is 1. The monoisotopic (exact) mass is 573 g/mol. The zero-order valence-electron chi connectivity index (χ0n) is 22.0. The number of thiophene rings is 1. The van der Waals surface area contributed by atoms with E-state index in [1.807, 2.05) is 18.2 Å². The SMILES string of the molecule is CC(=O)c1ccc(-c2ccnc3[nH]c(-c4n[nH]c5ccc(-c6cncc(NC(=O)c7ccccc7)c6)c(F)c45)nc23)s1. The number of pyridine rings is 2. The number of Topliss-reactive ketones (excluding diaryl/α,β-unsaturated/α-hetero) is 1. The van der Waals surface area contributed by atoms with Gasteiger partial charge in [0.2, 0.25) is 0 Å². The number of nitrogens with one attached hydrogen (secondary N) is 3. The molecule has 2 aromatic carbocycles. The molecular weight excluding hydrogens is 553 g/mol. The first-order valence-electron chi connectivity index (χ1n) is 12.9. The van der Waals surface area contributed by atoms with Gasteiger partial charge in [-0.25, -0.2) is 14.4 Å². The van der Waals surface area contributed by atoms with E-state index in [1.54, 1.807) is 54.7 Å². The highest BCUT2D eigenvalue weighted by Crippen LogP contribution is 2.36. The molecule has 42 heavy (non-hydrogen) atoms. The van der Waals surface area contributed by atoms with Gasteiger partial charge < -0.3 is 10.3 Å². The third kappa shape index (κ3) is 4.41. The van der Waals surface area contributed by atoms with Gasteiger partial charge >= 0.3 is 0 Å². The molecule has 0 unspecified atom stereocenters. The molecule has 0 aliphatic heterocycles. The second-order valence-electron chi connectivity index (χ2n) is 9.57.